The fraction of sp³-hybridized carbons (Fsp3) is 0.143. The van der Waals surface area contributed by atoms with E-state index in [0.29, 0.717) is 21.8 Å². The predicted octanol–water partition coefficient (Wildman–Crippen LogP) is 3.86. The number of aromatic nitrogens is 3. The molecule has 0 saturated heterocycles. The van der Waals surface area contributed by atoms with Crippen molar-refractivity contribution in [1.82, 2.24) is 14.3 Å². The maximum Gasteiger partial charge on any atom is 0.518 e. The highest BCUT2D eigenvalue weighted by atomic mass is 35.5. The van der Waals surface area contributed by atoms with Crippen LogP contribution in [0.4, 0.5) is 13.2 Å². The summed E-state index contributed by atoms with van der Waals surface area (Å²) in [5.74, 6) is 0.277. The fourth-order valence-corrected chi connectivity index (χ4v) is 2.91. The van der Waals surface area contributed by atoms with Gasteiger partial charge in [-0.1, -0.05) is 28.9 Å². The Morgan fingerprint density at radius 3 is 2.40 bits per heavy atom. The van der Waals surface area contributed by atoms with Crippen LogP contribution in [-0.2, 0) is 10.0 Å². The van der Waals surface area contributed by atoms with Crippen LogP contribution in [-0.4, -0.2) is 28.3 Å². The van der Waals surface area contributed by atoms with Crippen LogP contribution in [0.25, 0.3) is 22.5 Å². The summed E-state index contributed by atoms with van der Waals surface area (Å²) in [5.41, 5.74) is -4.29. The standard InChI is InChI=1S/C14H9ClF3N3O3S/c1-8-12(13(20-24-8)9-2-4-10(15)5-3-9)11-6-7-21(19-11)25(22,23)14(16,17)18/h2-7H,1H3. The predicted molar refractivity (Wildman–Crippen MR) is 83.3 cm³/mol. The average molecular weight is 392 g/mol. The highest BCUT2D eigenvalue weighted by Crippen LogP contribution is 2.34. The molecule has 132 valence electrons. The van der Waals surface area contributed by atoms with Crippen molar-refractivity contribution < 1.29 is 26.1 Å². The molecule has 0 atom stereocenters. The van der Waals surface area contributed by atoms with Crippen molar-refractivity contribution in [1.29, 1.82) is 0 Å². The molecule has 0 aliphatic carbocycles. The van der Waals surface area contributed by atoms with Crippen LogP contribution >= 0.6 is 11.6 Å². The monoisotopic (exact) mass is 391 g/mol. The highest BCUT2D eigenvalue weighted by molar-refractivity contribution is 7.90. The lowest BCUT2D eigenvalue weighted by Crippen LogP contribution is -2.30. The Labute approximate surface area is 144 Å². The third-order valence-corrected chi connectivity index (χ3v) is 4.87. The van der Waals surface area contributed by atoms with E-state index in [1.807, 2.05) is 0 Å². The normalized spacial score (nSPS) is 12.5. The van der Waals surface area contributed by atoms with Gasteiger partial charge in [0, 0.05) is 16.8 Å². The molecule has 3 aromatic rings. The molecule has 2 aromatic heterocycles. The summed E-state index contributed by atoms with van der Waals surface area (Å²) < 4.78 is 65.8. The Morgan fingerprint density at radius 2 is 1.80 bits per heavy atom. The largest absolute Gasteiger partial charge is 0.518 e. The summed E-state index contributed by atoms with van der Waals surface area (Å²) in [6, 6.07) is 7.65. The summed E-state index contributed by atoms with van der Waals surface area (Å²) in [5, 5.41) is 7.90. The van der Waals surface area contributed by atoms with E-state index in [1.54, 1.807) is 31.2 Å². The number of hydrogen-bond acceptors (Lipinski definition) is 5. The molecule has 0 unspecified atom stereocenters. The first-order valence-corrected chi connectivity index (χ1v) is 8.53. The van der Waals surface area contributed by atoms with E-state index in [9.17, 15) is 21.6 Å². The lowest BCUT2D eigenvalue weighted by molar-refractivity contribution is -0.0449. The van der Waals surface area contributed by atoms with Crippen molar-refractivity contribution in [3.05, 3.63) is 47.3 Å². The minimum absolute atomic E-state index is 0.0171. The minimum Gasteiger partial charge on any atom is -0.360 e. The molecule has 3 rings (SSSR count). The van der Waals surface area contributed by atoms with Crippen LogP contribution < -0.4 is 0 Å². The second-order valence-corrected chi connectivity index (χ2v) is 7.22. The van der Waals surface area contributed by atoms with Crippen LogP contribution in [0.2, 0.25) is 5.02 Å². The molecule has 0 bridgehead atoms. The van der Waals surface area contributed by atoms with Gasteiger partial charge in [-0.05, 0) is 25.1 Å². The Hall–Kier alpha value is -2.33. The van der Waals surface area contributed by atoms with Crippen LogP contribution in [0.1, 0.15) is 5.76 Å². The SMILES string of the molecule is Cc1onc(-c2ccc(Cl)cc2)c1-c1ccn(S(=O)(=O)C(F)(F)F)n1. The van der Waals surface area contributed by atoms with Gasteiger partial charge in [-0.25, -0.2) is 0 Å². The smallest absolute Gasteiger partial charge is 0.360 e. The van der Waals surface area contributed by atoms with Crippen molar-refractivity contribution in [3.8, 4) is 22.5 Å². The van der Waals surface area contributed by atoms with E-state index in [2.05, 4.69) is 10.3 Å². The number of rotatable bonds is 3. The second-order valence-electron chi connectivity index (χ2n) is 4.99. The number of aryl methyl sites for hydroxylation is 1. The molecule has 0 saturated carbocycles. The zero-order chi connectivity index (χ0) is 18.4. The molecule has 2 heterocycles. The van der Waals surface area contributed by atoms with Crippen LogP contribution in [0.3, 0.4) is 0 Å². The molecule has 25 heavy (non-hydrogen) atoms. The lowest BCUT2D eigenvalue weighted by atomic mass is 10.0. The van der Waals surface area contributed by atoms with Crippen molar-refractivity contribution in [2.24, 2.45) is 0 Å². The first kappa shape index (κ1) is 17.5. The van der Waals surface area contributed by atoms with Gasteiger partial charge in [0.05, 0.1) is 11.3 Å². The number of alkyl halides is 3. The molecular formula is C14H9ClF3N3O3S. The Balaban J connectivity index is 2.11. The van der Waals surface area contributed by atoms with Gasteiger partial charge in [0.15, 0.2) is 0 Å². The molecular weight excluding hydrogens is 383 g/mol. The topological polar surface area (TPSA) is 78.0 Å². The molecule has 6 nitrogen and oxygen atoms in total. The Morgan fingerprint density at radius 1 is 1.16 bits per heavy atom. The highest BCUT2D eigenvalue weighted by Gasteiger charge is 2.48. The first-order chi connectivity index (χ1) is 11.6. The van der Waals surface area contributed by atoms with E-state index in [-0.39, 0.29) is 15.5 Å². The average Bonchev–Trinajstić information content (AvgIpc) is 3.13. The molecule has 1 aromatic carbocycles. The van der Waals surface area contributed by atoms with Crippen LogP contribution in [0.15, 0.2) is 41.1 Å². The molecule has 0 aliphatic rings. The molecule has 0 fully saturated rings. The molecule has 0 radical (unpaired) electrons. The Bertz CT molecular complexity index is 1020. The molecule has 0 spiro atoms. The van der Waals surface area contributed by atoms with Crippen molar-refractivity contribution in [2.45, 2.75) is 12.4 Å². The molecule has 0 amide bonds. The summed E-state index contributed by atoms with van der Waals surface area (Å²) >= 11 is 5.82. The fourth-order valence-electron chi connectivity index (χ4n) is 2.16. The van der Waals surface area contributed by atoms with E-state index < -0.39 is 15.5 Å². The van der Waals surface area contributed by atoms with E-state index in [1.165, 1.54) is 0 Å². The molecule has 0 N–H and O–H groups in total. The third kappa shape index (κ3) is 3.02. The van der Waals surface area contributed by atoms with Gasteiger partial charge < -0.3 is 4.52 Å². The summed E-state index contributed by atoms with van der Waals surface area (Å²) in [4.78, 5) is 0. The Kier molecular flexibility index (Phi) is 4.12. The van der Waals surface area contributed by atoms with Gasteiger partial charge in [-0.3, -0.25) is 0 Å². The van der Waals surface area contributed by atoms with Gasteiger partial charge in [0.2, 0.25) is 0 Å². The first-order valence-electron chi connectivity index (χ1n) is 6.71. The van der Waals surface area contributed by atoms with E-state index >= 15 is 0 Å². The minimum atomic E-state index is -5.61. The van der Waals surface area contributed by atoms with E-state index in [4.69, 9.17) is 16.1 Å². The quantitative estimate of drug-likeness (QED) is 0.677. The van der Waals surface area contributed by atoms with E-state index in [0.717, 1.165) is 12.3 Å². The third-order valence-electron chi connectivity index (χ3n) is 3.34. The zero-order valence-corrected chi connectivity index (χ0v) is 14.0. The van der Waals surface area contributed by atoms with Crippen molar-refractivity contribution >= 4 is 21.6 Å². The summed E-state index contributed by atoms with van der Waals surface area (Å²) in [7, 11) is -5.61. The summed E-state index contributed by atoms with van der Waals surface area (Å²) in [6.07, 6.45) is 0.718. The second kappa shape index (κ2) is 5.88. The number of hydrogen-bond donors (Lipinski definition) is 0. The van der Waals surface area contributed by atoms with Gasteiger partial charge in [-0.2, -0.15) is 30.8 Å². The summed E-state index contributed by atoms with van der Waals surface area (Å²) in [6.45, 7) is 1.54. The van der Waals surface area contributed by atoms with Crippen LogP contribution in [0, 0.1) is 6.92 Å². The molecule has 11 heteroatoms. The van der Waals surface area contributed by atoms with Crippen molar-refractivity contribution in [3.63, 3.8) is 0 Å². The maximum atomic E-state index is 12.6. The zero-order valence-electron chi connectivity index (χ0n) is 12.5. The van der Waals surface area contributed by atoms with Crippen molar-refractivity contribution in [2.75, 3.05) is 0 Å². The van der Waals surface area contributed by atoms with Gasteiger partial charge >= 0.3 is 15.5 Å². The van der Waals surface area contributed by atoms with Crippen LogP contribution in [0.5, 0.6) is 0 Å². The lowest BCUT2D eigenvalue weighted by Gasteiger charge is -2.07. The van der Waals surface area contributed by atoms with Gasteiger partial charge in [0.25, 0.3) is 0 Å². The maximum absolute atomic E-state index is 12.6. The number of halogens is 4. The van der Waals surface area contributed by atoms with Gasteiger partial charge in [-0.15, -0.1) is 0 Å². The van der Waals surface area contributed by atoms with Gasteiger partial charge in [0.1, 0.15) is 11.5 Å². The molecule has 0 aliphatic heterocycles. The number of nitrogens with zero attached hydrogens (tertiary/aromatic N) is 3. The number of benzene rings is 1.